The van der Waals surface area contributed by atoms with Gasteiger partial charge in [0.05, 0.1) is 0 Å². The SMILES string of the molecule is CC(C)NC1CCCN(CCN2CCCCC2)C1. The van der Waals surface area contributed by atoms with Gasteiger partial charge in [0.25, 0.3) is 0 Å². The molecule has 3 nitrogen and oxygen atoms in total. The van der Waals surface area contributed by atoms with Crippen molar-refractivity contribution in [2.75, 3.05) is 39.3 Å². The summed E-state index contributed by atoms with van der Waals surface area (Å²) in [4.78, 5) is 5.32. The minimum Gasteiger partial charge on any atom is -0.311 e. The second-order valence-corrected chi connectivity index (χ2v) is 6.36. The largest absolute Gasteiger partial charge is 0.311 e. The average Bonchev–Trinajstić information content (AvgIpc) is 2.37. The summed E-state index contributed by atoms with van der Waals surface area (Å²) >= 11 is 0. The highest BCUT2D eigenvalue weighted by molar-refractivity contribution is 4.80. The van der Waals surface area contributed by atoms with Crippen molar-refractivity contribution in [2.45, 2.75) is 58.0 Å². The topological polar surface area (TPSA) is 18.5 Å². The van der Waals surface area contributed by atoms with Crippen LogP contribution >= 0.6 is 0 Å². The third-order valence-electron chi connectivity index (χ3n) is 4.26. The molecule has 0 saturated carbocycles. The summed E-state index contributed by atoms with van der Waals surface area (Å²) in [5.41, 5.74) is 0. The number of nitrogens with one attached hydrogen (secondary N) is 1. The highest BCUT2D eigenvalue weighted by Crippen LogP contribution is 2.12. The van der Waals surface area contributed by atoms with E-state index in [0.29, 0.717) is 6.04 Å². The Morgan fingerprint density at radius 1 is 0.944 bits per heavy atom. The molecule has 0 aromatic heterocycles. The normalized spacial score (nSPS) is 27.8. The van der Waals surface area contributed by atoms with E-state index in [1.165, 1.54) is 71.4 Å². The van der Waals surface area contributed by atoms with Crippen molar-refractivity contribution in [2.24, 2.45) is 0 Å². The minimum atomic E-state index is 0.622. The summed E-state index contributed by atoms with van der Waals surface area (Å²) in [5.74, 6) is 0. The summed E-state index contributed by atoms with van der Waals surface area (Å²) in [6.07, 6.45) is 7.00. The molecule has 2 saturated heterocycles. The van der Waals surface area contributed by atoms with Gasteiger partial charge in [-0.15, -0.1) is 0 Å². The Bertz CT molecular complexity index is 224. The average molecular weight is 253 g/mol. The summed E-state index contributed by atoms with van der Waals surface area (Å²) in [5, 5.41) is 3.69. The molecule has 3 heteroatoms. The van der Waals surface area contributed by atoms with Gasteiger partial charge < -0.3 is 15.1 Å². The molecule has 0 aromatic carbocycles. The van der Waals surface area contributed by atoms with Gasteiger partial charge in [-0.05, 0) is 45.3 Å². The Hall–Kier alpha value is -0.120. The van der Waals surface area contributed by atoms with Crippen LogP contribution in [0.3, 0.4) is 0 Å². The first-order chi connectivity index (χ1) is 8.74. The van der Waals surface area contributed by atoms with Crippen LogP contribution in [0.25, 0.3) is 0 Å². The van der Waals surface area contributed by atoms with Crippen molar-refractivity contribution in [3.05, 3.63) is 0 Å². The number of hydrogen-bond acceptors (Lipinski definition) is 3. The van der Waals surface area contributed by atoms with E-state index in [4.69, 9.17) is 0 Å². The molecule has 2 aliphatic rings. The molecule has 0 aromatic rings. The molecule has 1 atom stereocenters. The number of rotatable bonds is 5. The summed E-state index contributed by atoms with van der Waals surface area (Å²) < 4.78 is 0. The quantitative estimate of drug-likeness (QED) is 0.808. The number of piperidine rings is 2. The van der Waals surface area contributed by atoms with Crippen molar-refractivity contribution in [1.82, 2.24) is 15.1 Å². The highest BCUT2D eigenvalue weighted by atomic mass is 15.2. The van der Waals surface area contributed by atoms with Crippen molar-refractivity contribution >= 4 is 0 Å². The van der Waals surface area contributed by atoms with Gasteiger partial charge in [-0.2, -0.15) is 0 Å². The van der Waals surface area contributed by atoms with E-state index in [2.05, 4.69) is 29.0 Å². The minimum absolute atomic E-state index is 0.622. The molecule has 2 aliphatic heterocycles. The zero-order valence-corrected chi connectivity index (χ0v) is 12.3. The predicted molar refractivity (Wildman–Crippen MR) is 78.0 cm³/mol. The molecule has 2 fully saturated rings. The van der Waals surface area contributed by atoms with Crippen LogP contribution in [0.2, 0.25) is 0 Å². The first-order valence-electron chi connectivity index (χ1n) is 7.95. The van der Waals surface area contributed by atoms with Crippen molar-refractivity contribution in [3.8, 4) is 0 Å². The monoisotopic (exact) mass is 253 g/mol. The van der Waals surface area contributed by atoms with Gasteiger partial charge in [0, 0.05) is 31.7 Å². The van der Waals surface area contributed by atoms with E-state index in [9.17, 15) is 0 Å². The van der Waals surface area contributed by atoms with Gasteiger partial charge in [0.1, 0.15) is 0 Å². The Balaban J connectivity index is 1.65. The Morgan fingerprint density at radius 3 is 2.33 bits per heavy atom. The molecule has 106 valence electrons. The Morgan fingerprint density at radius 2 is 1.61 bits per heavy atom. The maximum Gasteiger partial charge on any atom is 0.0197 e. The molecular formula is C15H31N3. The van der Waals surface area contributed by atoms with Gasteiger partial charge in [-0.3, -0.25) is 0 Å². The lowest BCUT2D eigenvalue weighted by molar-refractivity contribution is 0.146. The Kier molecular flexibility index (Phi) is 5.93. The van der Waals surface area contributed by atoms with E-state index in [0.717, 1.165) is 6.04 Å². The summed E-state index contributed by atoms with van der Waals surface area (Å²) in [6, 6.07) is 1.34. The maximum absolute atomic E-state index is 3.69. The summed E-state index contributed by atoms with van der Waals surface area (Å²) in [6.45, 7) is 12.3. The first-order valence-corrected chi connectivity index (χ1v) is 7.95. The van der Waals surface area contributed by atoms with E-state index in [-0.39, 0.29) is 0 Å². The molecule has 0 bridgehead atoms. The summed E-state index contributed by atoms with van der Waals surface area (Å²) in [7, 11) is 0. The smallest absolute Gasteiger partial charge is 0.0197 e. The molecule has 0 amide bonds. The van der Waals surface area contributed by atoms with Crippen LogP contribution in [0, 0.1) is 0 Å². The third kappa shape index (κ3) is 4.87. The zero-order valence-electron chi connectivity index (χ0n) is 12.3. The molecule has 18 heavy (non-hydrogen) atoms. The lowest BCUT2D eigenvalue weighted by atomic mass is 10.0. The molecular weight excluding hydrogens is 222 g/mol. The van der Waals surface area contributed by atoms with E-state index in [1.54, 1.807) is 0 Å². The van der Waals surface area contributed by atoms with Gasteiger partial charge in [-0.25, -0.2) is 0 Å². The lowest BCUT2D eigenvalue weighted by Gasteiger charge is -2.36. The molecule has 1 N–H and O–H groups in total. The van der Waals surface area contributed by atoms with Gasteiger partial charge in [0.2, 0.25) is 0 Å². The van der Waals surface area contributed by atoms with Crippen LogP contribution in [0.4, 0.5) is 0 Å². The molecule has 0 spiro atoms. The fraction of sp³-hybridized carbons (Fsp3) is 1.00. The van der Waals surface area contributed by atoms with Gasteiger partial charge in [0.15, 0.2) is 0 Å². The highest BCUT2D eigenvalue weighted by Gasteiger charge is 2.20. The van der Waals surface area contributed by atoms with E-state index in [1.807, 2.05) is 0 Å². The van der Waals surface area contributed by atoms with Gasteiger partial charge >= 0.3 is 0 Å². The fourth-order valence-electron chi connectivity index (χ4n) is 3.33. The van der Waals surface area contributed by atoms with Crippen LogP contribution in [0.15, 0.2) is 0 Å². The molecule has 2 rings (SSSR count). The van der Waals surface area contributed by atoms with E-state index >= 15 is 0 Å². The van der Waals surface area contributed by atoms with Crippen molar-refractivity contribution in [3.63, 3.8) is 0 Å². The standard InChI is InChI=1S/C15H31N3/c1-14(2)16-15-7-6-10-18(13-15)12-11-17-8-4-3-5-9-17/h14-16H,3-13H2,1-2H3. The van der Waals surface area contributed by atoms with Gasteiger partial charge in [-0.1, -0.05) is 20.3 Å². The van der Waals surface area contributed by atoms with Crippen LogP contribution in [0.5, 0.6) is 0 Å². The molecule has 0 aliphatic carbocycles. The predicted octanol–water partition coefficient (Wildman–Crippen LogP) is 1.93. The van der Waals surface area contributed by atoms with Crippen LogP contribution in [0.1, 0.15) is 46.0 Å². The molecule has 0 radical (unpaired) electrons. The zero-order chi connectivity index (χ0) is 12.8. The molecule has 1 unspecified atom stereocenters. The van der Waals surface area contributed by atoms with Crippen LogP contribution in [-0.4, -0.2) is 61.2 Å². The second kappa shape index (κ2) is 7.46. The fourth-order valence-corrected chi connectivity index (χ4v) is 3.33. The lowest BCUT2D eigenvalue weighted by Crippen LogP contribution is -2.49. The molecule has 2 heterocycles. The number of nitrogens with zero attached hydrogens (tertiary/aromatic N) is 2. The third-order valence-corrected chi connectivity index (χ3v) is 4.26. The first kappa shape index (κ1) is 14.3. The van der Waals surface area contributed by atoms with Crippen LogP contribution < -0.4 is 5.32 Å². The van der Waals surface area contributed by atoms with Crippen molar-refractivity contribution < 1.29 is 0 Å². The van der Waals surface area contributed by atoms with Crippen molar-refractivity contribution in [1.29, 1.82) is 0 Å². The maximum atomic E-state index is 3.69. The number of hydrogen-bond donors (Lipinski definition) is 1. The van der Waals surface area contributed by atoms with Crippen LogP contribution in [-0.2, 0) is 0 Å². The second-order valence-electron chi connectivity index (χ2n) is 6.36. The van der Waals surface area contributed by atoms with E-state index < -0.39 is 0 Å². The Labute approximate surface area is 113 Å². The number of likely N-dealkylation sites (tertiary alicyclic amines) is 2.